The van der Waals surface area contributed by atoms with Gasteiger partial charge < -0.3 is 19.9 Å². The minimum absolute atomic E-state index is 0.0370. The molecule has 0 radical (unpaired) electrons. The van der Waals surface area contributed by atoms with Gasteiger partial charge in [0.2, 0.25) is 0 Å². The van der Waals surface area contributed by atoms with Gasteiger partial charge in [0.25, 0.3) is 5.91 Å². The molecule has 0 bridgehead atoms. The lowest BCUT2D eigenvalue weighted by molar-refractivity contribution is -0.380. The number of halogens is 3. The number of alkyl halides is 2. The third-order valence-electron chi connectivity index (χ3n) is 5.51. The summed E-state index contributed by atoms with van der Waals surface area (Å²) in [6.07, 6.45) is -1.26. The van der Waals surface area contributed by atoms with Gasteiger partial charge >= 0.3 is 11.1 Å². The molecular formula is C20H20Cl2FN5O5S. The van der Waals surface area contributed by atoms with E-state index in [1.54, 1.807) is 18.2 Å². The average Bonchev–Trinajstić information content (AvgIpc) is 3.45. The number of hydrogen-bond acceptors (Lipinski definition) is 8. The Labute approximate surface area is 207 Å². The van der Waals surface area contributed by atoms with Gasteiger partial charge in [0, 0.05) is 32.2 Å². The van der Waals surface area contributed by atoms with E-state index >= 15 is 0 Å². The van der Waals surface area contributed by atoms with Crippen molar-refractivity contribution in [1.82, 2.24) is 5.32 Å². The molecule has 1 N–H and O–H groups in total. The highest BCUT2D eigenvalue weighted by Crippen LogP contribution is 2.33. The van der Waals surface area contributed by atoms with Crippen molar-refractivity contribution < 1.29 is 23.6 Å². The summed E-state index contributed by atoms with van der Waals surface area (Å²) in [5, 5.41) is 14.3. The van der Waals surface area contributed by atoms with Crippen LogP contribution in [0.3, 0.4) is 0 Å². The maximum atomic E-state index is 15.0. The first kappa shape index (κ1) is 24.3. The number of anilines is 3. The fourth-order valence-corrected chi connectivity index (χ4v) is 4.83. The van der Waals surface area contributed by atoms with Gasteiger partial charge in [0.1, 0.15) is 11.9 Å². The molecule has 2 amide bonds. The van der Waals surface area contributed by atoms with Crippen molar-refractivity contribution in [3.05, 3.63) is 46.3 Å². The van der Waals surface area contributed by atoms with Crippen LogP contribution >= 0.6 is 34.5 Å². The molecule has 2 aromatic rings. The minimum Gasteiger partial charge on any atom is -0.442 e. The molecule has 2 aliphatic heterocycles. The second-order valence-corrected chi connectivity index (χ2v) is 9.78. The number of cyclic esters (lactones) is 1. The molecule has 0 spiro atoms. The van der Waals surface area contributed by atoms with Crippen molar-refractivity contribution in [2.45, 2.75) is 10.9 Å². The van der Waals surface area contributed by atoms with E-state index in [1.165, 1.54) is 17.0 Å². The third-order valence-corrected chi connectivity index (χ3v) is 7.00. The van der Waals surface area contributed by atoms with Gasteiger partial charge in [-0.3, -0.25) is 19.8 Å². The number of piperazine rings is 1. The predicted octanol–water partition coefficient (Wildman–Crippen LogP) is 3.37. The highest BCUT2D eigenvalue weighted by Gasteiger charge is 2.33. The van der Waals surface area contributed by atoms with Crippen LogP contribution in [0.4, 0.5) is 30.6 Å². The Morgan fingerprint density at radius 1 is 1.24 bits per heavy atom. The molecule has 1 atom stereocenters. The van der Waals surface area contributed by atoms with E-state index in [9.17, 15) is 24.1 Å². The molecule has 182 valence electrons. The van der Waals surface area contributed by atoms with Crippen LogP contribution in [0.2, 0.25) is 0 Å². The Morgan fingerprint density at radius 3 is 2.56 bits per heavy atom. The molecule has 2 saturated heterocycles. The Bertz CT molecular complexity index is 1100. The monoisotopic (exact) mass is 531 g/mol. The number of nitrogens with zero attached hydrogens (tertiary/aromatic N) is 4. The maximum absolute atomic E-state index is 15.0. The molecule has 3 heterocycles. The first-order valence-corrected chi connectivity index (χ1v) is 12.0. The number of thiophene rings is 1. The van der Waals surface area contributed by atoms with Gasteiger partial charge in [-0.15, -0.1) is 0 Å². The molecule has 2 fully saturated rings. The SMILES string of the molecule is O=C(NCC1CN(c2ccc(N3CCN(c4ccc([N+](=O)[O-])s4)CC3)c(F)c2)C(=O)O1)C(Cl)Cl. The molecule has 1 unspecified atom stereocenters. The lowest BCUT2D eigenvalue weighted by atomic mass is 10.2. The van der Waals surface area contributed by atoms with E-state index in [4.69, 9.17) is 27.9 Å². The summed E-state index contributed by atoms with van der Waals surface area (Å²) < 4.78 is 20.2. The highest BCUT2D eigenvalue weighted by atomic mass is 35.5. The first-order valence-electron chi connectivity index (χ1n) is 10.3. The molecular weight excluding hydrogens is 512 g/mol. The lowest BCUT2D eigenvalue weighted by Gasteiger charge is -2.36. The quantitative estimate of drug-likeness (QED) is 0.331. The largest absolute Gasteiger partial charge is 0.442 e. The van der Waals surface area contributed by atoms with Gasteiger partial charge in [0.05, 0.1) is 34.4 Å². The summed E-state index contributed by atoms with van der Waals surface area (Å²) in [5.41, 5.74) is 0.754. The number of carbonyl (C=O) groups excluding carboxylic acids is 2. The molecule has 1 aromatic carbocycles. The molecule has 14 heteroatoms. The second-order valence-electron chi connectivity index (χ2n) is 7.64. The highest BCUT2D eigenvalue weighted by molar-refractivity contribution is 7.19. The lowest BCUT2D eigenvalue weighted by Crippen LogP contribution is -2.46. The van der Waals surface area contributed by atoms with Crippen LogP contribution in [0.1, 0.15) is 0 Å². The zero-order valence-corrected chi connectivity index (χ0v) is 20.0. The Balaban J connectivity index is 1.35. The van der Waals surface area contributed by atoms with Gasteiger partial charge in [-0.2, -0.15) is 0 Å². The zero-order valence-electron chi connectivity index (χ0n) is 17.7. The van der Waals surface area contributed by atoms with Crippen molar-refractivity contribution in [2.75, 3.05) is 54.0 Å². The van der Waals surface area contributed by atoms with E-state index in [1.807, 2.05) is 9.80 Å². The number of carbonyl (C=O) groups is 2. The fraction of sp³-hybridized carbons (Fsp3) is 0.400. The Kier molecular flexibility index (Phi) is 7.29. The van der Waals surface area contributed by atoms with Gasteiger partial charge in [-0.25, -0.2) is 9.18 Å². The molecule has 1 aromatic heterocycles. The standard InChI is InChI=1S/C20H20Cl2FN5O5S/c21-18(22)19(29)24-10-13-11-27(20(30)33-13)12-1-2-15(14(23)9-12)25-5-7-26(8-6-25)16-3-4-17(34-16)28(31)32/h1-4,9,13,18H,5-8,10-11H2,(H,24,29). The minimum atomic E-state index is -1.22. The summed E-state index contributed by atoms with van der Waals surface area (Å²) in [6, 6.07) is 7.75. The van der Waals surface area contributed by atoms with Gasteiger partial charge in [-0.1, -0.05) is 23.2 Å². The predicted molar refractivity (Wildman–Crippen MR) is 128 cm³/mol. The van der Waals surface area contributed by atoms with E-state index in [0.717, 1.165) is 16.3 Å². The van der Waals surface area contributed by atoms with Crippen LogP contribution in [-0.2, 0) is 9.53 Å². The van der Waals surface area contributed by atoms with Crippen LogP contribution in [0.25, 0.3) is 0 Å². The fourth-order valence-electron chi connectivity index (χ4n) is 3.80. The topological polar surface area (TPSA) is 108 Å². The van der Waals surface area contributed by atoms with Gasteiger partial charge in [-0.05, 0) is 35.6 Å². The molecule has 10 nitrogen and oxygen atoms in total. The summed E-state index contributed by atoms with van der Waals surface area (Å²) in [5.74, 6) is -1.07. The van der Waals surface area contributed by atoms with E-state index < -0.39 is 33.7 Å². The molecule has 4 rings (SSSR count). The summed E-state index contributed by atoms with van der Waals surface area (Å²) in [6.45, 7) is 2.44. The van der Waals surface area contributed by atoms with Crippen molar-refractivity contribution in [3.63, 3.8) is 0 Å². The molecule has 0 saturated carbocycles. The van der Waals surface area contributed by atoms with E-state index in [2.05, 4.69) is 5.32 Å². The Hall–Kier alpha value is -2.83. The second kappa shape index (κ2) is 10.2. The van der Waals surface area contributed by atoms with Crippen LogP contribution in [0.5, 0.6) is 0 Å². The number of nitrogens with one attached hydrogen (secondary N) is 1. The number of rotatable bonds is 7. The van der Waals surface area contributed by atoms with Gasteiger partial charge in [0.15, 0.2) is 4.84 Å². The van der Waals surface area contributed by atoms with Crippen molar-refractivity contribution >= 4 is 67.9 Å². The third kappa shape index (κ3) is 5.29. The number of hydrogen-bond donors (Lipinski definition) is 1. The number of nitro groups is 1. The van der Waals surface area contributed by atoms with Crippen LogP contribution in [0, 0.1) is 15.9 Å². The zero-order chi connectivity index (χ0) is 24.4. The summed E-state index contributed by atoms with van der Waals surface area (Å²) in [4.78, 5) is 38.2. The normalized spacial score (nSPS) is 18.4. The van der Waals surface area contributed by atoms with E-state index in [-0.39, 0.29) is 18.1 Å². The maximum Gasteiger partial charge on any atom is 0.414 e. The smallest absolute Gasteiger partial charge is 0.414 e. The van der Waals surface area contributed by atoms with Crippen LogP contribution in [0.15, 0.2) is 30.3 Å². The average molecular weight is 532 g/mol. The number of amides is 2. The molecule has 2 aliphatic rings. The van der Waals surface area contributed by atoms with Crippen molar-refractivity contribution in [1.29, 1.82) is 0 Å². The number of ether oxygens (including phenoxy) is 1. The van der Waals surface area contributed by atoms with Crippen molar-refractivity contribution in [3.8, 4) is 0 Å². The van der Waals surface area contributed by atoms with Crippen molar-refractivity contribution in [2.24, 2.45) is 0 Å². The first-order chi connectivity index (χ1) is 16.2. The van der Waals surface area contributed by atoms with E-state index in [0.29, 0.717) is 37.6 Å². The Morgan fingerprint density at radius 2 is 1.94 bits per heavy atom. The molecule has 34 heavy (non-hydrogen) atoms. The molecule has 0 aliphatic carbocycles. The summed E-state index contributed by atoms with van der Waals surface area (Å²) in [7, 11) is 0. The van der Waals surface area contributed by atoms with Crippen LogP contribution < -0.4 is 20.0 Å². The summed E-state index contributed by atoms with van der Waals surface area (Å²) >= 11 is 12.1. The van der Waals surface area contributed by atoms with Crippen LogP contribution in [-0.4, -0.2) is 67.1 Å². The number of benzene rings is 1.